The van der Waals surface area contributed by atoms with Crippen LogP contribution in [-0.2, 0) is 6.42 Å². The Morgan fingerprint density at radius 1 is 1.08 bits per heavy atom. The molecule has 0 aliphatic carbocycles. The van der Waals surface area contributed by atoms with E-state index in [1.54, 1.807) is 28.8 Å². The second-order valence-electron chi connectivity index (χ2n) is 10.7. The molecule has 3 aromatic heterocycles. The molecule has 1 aliphatic heterocycles. The summed E-state index contributed by atoms with van der Waals surface area (Å²) in [5, 5.41) is 13.8. The number of amides is 1. The number of aromatic nitrogens is 4. The summed E-state index contributed by atoms with van der Waals surface area (Å²) in [7, 11) is 0. The molecule has 1 atom stereocenters. The van der Waals surface area contributed by atoms with Crippen LogP contribution in [0.2, 0.25) is 0 Å². The number of carbonyl (C=O) groups excluding carboxylic acids is 1. The van der Waals surface area contributed by atoms with Crippen molar-refractivity contribution in [1.82, 2.24) is 24.5 Å². The molecule has 39 heavy (non-hydrogen) atoms. The zero-order valence-electron chi connectivity index (χ0n) is 22.4. The van der Waals surface area contributed by atoms with Crippen molar-refractivity contribution in [3.63, 3.8) is 0 Å². The largest absolute Gasteiger partial charge is 0.478 e. The number of rotatable bonds is 6. The van der Waals surface area contributed by atoms with Crippen LogP contribution in [0.4, 0.5) is 4.39 Å². The van der Waals surface area contributed by atoms with Crippen molar-refractivity contribution in [2.45, 2.75) is 58.9 Å². The second kappa shape index (κ2) is 10.9. The summed E-state index contributed by atoms with van der Waals surface area (Å²) in [5.74, 6) is -1.31. The molecule has 1 aliphatic rings. The first-order valence-corrected chi connectivity index (χ1v) is 13.4. The van der Waals surface area contributed by atoms with Crippen molar-refractivity contribution in [1.29, 1.82) is 0 Å². The number of carboxylic acids is 1. The van der Waals surface area contributed by atoms with Gasteiger partial charge in [0.05, 0.1) is 17.0 Å². The van der Waals surface area contributed by atoms with Gasteiger partial charge in [-0.25, -0.2) is 18.7 Å². The summed E-state index contributed by atoms with van der Waals surface area (Å²) in [5.41, 5.74) is 3.52. The first-order valence-electron chi connectivity index (χ1n) is 13.4. The number of hydrogen-bond donors (Lipinski definition) is 1. The molecule has 1 fully saturated rings. The number of carboxylic acid groups (broad SMARTS) is 1. The molecule has 1 saturated heterocycles. The lowest BCUT2D eigenvalue weighted by atomic mass is 10.1. The molecule has 1 aromatic carbocycles. The number of nitrogens with zero attached hydrogens (tertiary/aromatic N) is 5. The van der Waals surface area contributed by atoms with Gasteiger partial charge < -0.3 is 10.0 Å². The van der Waals surface area contributed by atoms with Crippen molar-refractivity contribution in [2.24, 2.45) is 5.92 Å². The number of pyridine rings is 1. The lowest BCUT2D eigenvalue weighted by Crippen LogP contribution is -2.38. The first-order chi connectivity index (χ1) is 18.7. The normalized spacial score (nSPS) is 16.0. The monoisotopic (exact) mass is 529 g/mol. The Bertz CT molecular complexity index is 1530. The highest BCUT2D eigenvalue weighted by Crippen LogP contribution is 2.28. The molecule has 0 spiro atoms. The van der Waals surface area contributed by atoms with E-state index in [0.29, 0.717) is 46.2 Å². The maximum Gasteiger partial charge on any atom is 0.337 e. The van der Waals surface area contributed by atoms with Crippen molar-refractivity contribution < 1.29 is 19.1 Å². The highest BCUT2D eigenvalue weighted by atomic mass is 19.1. The zero-order valence-corrected chi connectivity index (χ0v) is 22.4. The Morgan fingerprint density at radius 2 is 1.90 bits per heavy atom. The second-order valence-corrected chi connectivity index (χ2v) is 10.7. The number of likely N-dealkylation sites (tertiary alicyclic amines) is 1. The van der Waals surface area contributed by atoms with E-state index in [0.717, 1.165) is 37.9 Å². The highest BCUT2D eigenvalue weighted by Gasteiger charge is 2.26. The van der Waals surface area contributed by atoms with E-state index in [1.165, 1.54) is 18.3 Å². The molecule has 1 amide bonds. The number of hydrogen-bond acceptors (Lipinski definition) is 5. The van der Waals surface area contributed by atoms with E-state index in [1.807, 2.05) is 11.0 Å². The summed E-state index contributed by atoms with van der Waals surface area (Å²) in [6, 6.07) is 11.4. The molecular formula is C30H32FN5O3. The lowest BCUT2D eigenvalue weighted by Gasteiger charge is -2.27. The van der Waals surface area contributed by atoms with Gasteiger partial charge in [-0.15, -0.1) is 0 Å². The minimum Gasteiger partial charge on any atom is -0.478 e. The van der Waals surface area contributed by atoms with Crippen molar-refractivity contribution >= 4 is 17.5 Å². The fourth-order valence-corrected chi connectivity index (χ4v) is 5.14. The van der Waals surface area contributed by atoms with Crippen LogP contribution < -0.4 is 0 Å². The van der Waals surface area contributed by atoms with Gasteiger partial charge >= 0.3 is 5.97 Å². The Hall–Kier alpha value is -4.14. The van der Waals surface area contributed by atoms with Gasteiger partial charge in [-0.2, -0.15) is 5.10 Å². The molecule has 8 nitrogen and oxygen atoms in total. The maximum absolute atomic E-state index is 15.3. The molecule has 1 N–H and O–H groups in total. The van der Waals surface area contributed by atoms with Crippen LogP contribution in [0.25, 0.3) is 28.2 Å². The van der Waals surface area contributed by atoms with Gasteiger partial charge in [0.15, 0.2) is 5.65 Å². The fraction of sp³-hybridized carbons (Fsp3) is 0.367. The standard InChI is InChI=1S/C30H32FN5O3/c1-18(2)13-22-15-27(29(37)35-12-6-4-5-7-19(35)3)33-28-16-26(34-36(22)28)23-10-8-20(14-24(23)31)25-11-9-21(17-32-25)30(38)39/h8-11,14-19H,4-7,12-13H2,1-3H3,(H,38,39)/t19-/m1/s1. The summed E-state index contributed by atoms with van der Waals surface area (Å²) in [6.45, 7) is 7.02. The SMILES string of the molecule is CC(C)Cc1cc(C(=O)N2CCCCC[C@H]2C)nc2cc(-c3ccc(-c4ccc(C(=O)O)cn4)cc3F)nn12. The zero-order chi connectivity index (χ0) is 27.7. The van der Waals surface area contributed by atoms with Crippen molar-refractivity contribution in [3.8, 4) is 22.5 Å². The van der Waals surface area contributed by atoms with E-state index in [9.17, 15) is 9.59 Å². The number of halogens is 1. The number of aromatic carboxylic acids is 1. The van der Waals surface area contributed by atoms with Gasteiger partial charge in [0, 0.05) is 41.7 Å². The van der Waals surface area contributed by atoms with Crippen LogP contribution in [0.1, 0.15) is 73.0 Å². The van der Waals surface area contributed by atoms with Crippen LogP contribution >= 0.6 is 0 Å². The summed E-state index contributed by atoms with van der Waals surface area (Å²) in [6.07, 6.45) is 6.16. The number of carbonyl (C=O) groups is 2. The Labute approximate surface area is 226 Å². The lowest BCUT2D eigenvalue weighted by molar-refractivity contribution is 0.0684. The predicted octanol–water partition coefficient (Wildman–Crippen LogP) is 5.90. The summed E-state index contributed by atoms with van der Waals surface area (Å²) >= 11 is 0. The Balaban J connectivity index is 1.51. The molecule has 5 rings (SSSR count). The quantitative estimate of drug-likeness (QED) is 0.334. The van der Waals surface area contributed by atoms with Crippen molar-refractivity contribution in [2.75, 3.05) is 6.54 Å². The molecule has 9 heteroatoms. The molecule has 0 saturated carbocycles. The van der Waals surface area contributed by atoms with Crippen LogP contribution in [0.3, 0.4) is 0 Å². The number of benzene rings is 1. The van der Waals surface area contributed by atoms with Crippen LogP contribution in [0, 0.1) is 11.7 Å². The van der Waals surface area contributed by atoms with Gasteiger partial charge in [0.25, 0.3) is 5.91 Å². The summed E-state index contributed by atoms with van der Waals surface area (Å²) in [4.78, 5) is 35.4. The van der Waals surface area contributed by atoms with Crippen LogP contribution in [0.5, 0.6) is 0 Å². The molecular weight excluding hydrogens is 497 g/mol. The van der Waals surface area contributed by atoms with Gasteiger partial charge in [0.2, 0.25) is 0 Å². The Morgan fingerprint density at radius 3 is 2.59 bits per heavy atom. The van der Waals surface area contributed by atoms with E-state index in [-0.39, 0.29) is 17.5 Å². The summed E-state index contributed by atoms with van der Waals surface area (Å²) < 4.78 is 17.1. The fourth-order valence-electron chi connectivity index (χ4n) is 5.14. The molecule has 0 bridgehead atoms. The Kier molecular flexibility index (Phi) is 7.41. The van der Waals surface area contributed by atoms with Crippen molar-refractivity contribution in [3.05, 3.63) is 71.4 Å². The van der Waals surface area contributed by atoms with Crippen LogP contribution in [0.15, 0.2) is 48.7 Å². The van der Waals surface area contributed by atoms with Crippen LogP contribution in [-0.4, -0.2) is 54.1 Å². The molecule has 4 aromatic rings. The first kappa shape index (κ1) is 26.5. The van der Waals surface area contributed by atoms with Gasteiger partial charge in [-0.3, -0.25) is 9.78 Å². The average Bonchev–Trinajstić information content (AvgIpc) is 3.22. The van der Waals surface area contributed by atoms with Gasteiger partial charge in [-0.1, -0.05) is 32.8 Å². The van der Waals surface area contributed by atoms with E-state index < -0.39 is 11.8 Å². The molecule has 0 radical (unpaired) electrons. The molecule has 4 heterocycles. The smallest absolute Gasteiger partial charge is 0.337 e. The third kappa shape index (κ3) is 5.53. The van der Waals surface area contributed by atoms with E-state index in [2.05, 4.69) is 35.8 Å². The minimum atomic E-state index is -1.07. The van der Waals surface area contributed by atoms with Gasteiger partial charge in [0.1, 0.15) is 11.5 Å². The van der Waals surface area contributed by atoms with E-state index in [4.69, 9.17) is 5.11 Å². The third-order valence-electron chi connectivity index (χ3n) is 7.20. The maximum atomic E-state index is 15.3. The number of fused-ring (bicyclic) bond motifs is 1. The third-order valence-corrected chi connectivity index (χ3v) is 7.20. The minimum absolute atomic E-state index is 0.0633. The average molecular weight is 530 g/mol. The molecule has 0 unspecified atom stereocenters. The highest BCUT2D eigenvalue weighted by molar-refractivity contribution is 5.93. The van der Waals surface area contributed by atoms with E-state index >= 15 is 4.39 Å². The van der Waals surface area contributed by atoms with Gasteiger partial charge in [-0.05, 0) is 62.4 Å². The molecule has 202 valence electrons. The predicted molar refractivity (Wildman–Crippen MR) is 146 cm³/mol. The topological polar surface area (TPSA) is 101 Å².